The number of rotatable bonds is 3. The molecule has 70 valence electrons. The number of aromatic nitrogens is 1. The smallest absolute Gasteiger partial charge is 0.0833 e. The Hall–Kier alpha value is -0.890. The Morgan fingerprint density at radius 2 is 2.31 bits per heavy atom. The first-order valence-corrected chi connectivity index (χ1v) is 4.87. The van der Waals surface area contributed by atoms with Crippen LogP contribution in [0, 0.1) is 11.8 Å². The van der Waals surface area contributed by atoms with Gasteiger partial charge in [-0.15, -0.1) is 0 Å². The number of pyridine rings is 1. The average molecular weight is 177 g/mol. The van der Waals surface area contributed by atoms with Crippen LogP contribution in [0.4, 0.5) is 0 Å². The van der Waals surface area contributed by atoms with Gasteiger partial charge in [-0.1, -0.05) is 13.0 Å². The molecular weight excluding hydrogens is 162 g/mol. The molecule has 1 heterocycles. The molecule has 2 rings (SSSR count). The lowest BCUT2D eigenvalue weighted by Gasteiger charge is -2.17. The first kappa shape index (κ1) is 8.70. The van der Waals surface area contributed by atoms with Crippen LogP contribution in [0.25, 0.3) is 0 Å². The van der Waals surface area contributed by atoms with E-state index in [4.69, 9.17) is 0 Å². The highest BCUT2D eigenvalue weighted by Gasteiger charge is 2.32. The van der Waals surface area contributed by atoms with Crippen LogP contribution in [0.1, 0.15) is 31.4 Å². The molecule has 1 N–H and O–H groups in total. The molecule has 0 aliphatic heterocycles. The average Bonchev–Trinajstić information content (AvgIpc) is 3.00. The Morgan fingerprint density at radius 3 is 2.85 bits per heavy atom. The molecule has 0 radical (unpaired) electrons. The van der Waals surface area contributed by atoms with Crippen LogP contribution >= 0.6 is 0 Å². The summed E-state index contributed by atoms with van der Waals surface area (Å²) in [6.07, 6.45) is 5.71. The molecule has 2 unspecified atom stereocenters. The van der Waals surface area contributed by atoms with E-state index in [9.17, 15) is 5.11 Å². The molecule has 2 atom stereocenters. The zero-order chi connectivity index (χ0) is 9.26. The minimum Gasteiger partial charge on any atom is -0.388 e. The summed E-state index contributed by atoms with van der Waals surface area (Å²) in [6.45, 7) is 2.12. The van der Waals surface area contributed by atoms with Crippen LogP contribution in [-0.2, 0) is 0 Å². The standard InChI is InChI=1S/C11H15NO/c1-8(9-4-5-9)11(13)10-3-2-6-12-7-10/h2-3,6-9,11,13H,4-5H2,1H3. The monoisotopic (exact) mass is 177 g/mol. The van der Waals surface area contributed by atoms with Crippen molar-refractivity contribution in [2.24, 2.45) is 11.8 Å². The second kappa shape index (κ2) is 3.46. The molecule has 13 heavy (non-hydrogen) atoms. The van der Waals surface area contributed by atoms with E-state index in [-0.39, 0.29) is 6.10 Å². The Balaban J connectivity index is 2.07. The summed E-state index contributed by atoms with van der Waals surface area (Å²) in [7, 11) is 0. The lowest BCUT2D eigenvalue weighted by atomic mass is 9.94. The van der Waals surface area contributed by atoms with Crippen molar-refractivity contribution in [3.8, 4) is 0 Å². The summed E-state index contributed by atoms with van der Waals surface area (Å²) >= 11 is 0. The third-order valence-corrected chi connectivity index (χ3v) is 2.89. The molecule has 1 aliphatic rings. The highest BCUT2D eigenvalue weighted by Crippen LogP contribution is 2.42. The summed E-state index contributed by atoms with van der Waals surface area (Å²) < 4.78 is 0. The molecule has 0 aromatic carbocycles. The van der Waals surface area contributed by atoms with Crippen molar-refractivity contribution < 1.29 is 5.11 Å². The van der Waals surface area contributed by atoms with Gasteiger partial charge in [-0.3, -0.25) is 4.98 Å². The molecule has 1 aromatic heterocycles. The maximum atomic E-state index is 9.96. The predicted octanol–water partition coefficient (Wildman–Crippen LogP) is 2.16. The number of hydrogen-bond acceptors (Lipinski definition) is 2. The first-order chi connectivity index (χ1) is 6.29. The zero-order valence-electron chi connectivity index (χ0n) is 7.85. The third kappa shape index (κ3) is 1.89. The van der Waals surface area contributed by atoms with E-state index >= 15 is 0 Å². The SMILES string of the molecule is CC(C1CC1)C(O)c1cccnc1. The molecule has 0 bridgehead atoms. The molecule has 2 nitrogen and oxygen atoms in total. The van der Waals surface area contributed by atoms with Crippen molar-refractivity contribution in [3.05, 3.63) is 30.1 Å². The summed E-state index contributed by atoms with van der Waals surface area (Å²) in [5.41, 5.74) is 0.946. The van der Waals surface area contributed by atoms with Gasteiger partial charge in [-0.05, 0) is 36.3 Å². The van der Waals surface area contributed by atoms with E-state index < -0.39 is 0 Å². The first-order valence-electron chi connectivity index (χ1n) is 4.87. The highest BCUT2D eigenvalue weighted by molar-refractivity contribution is 5.13. The largest absolute Gasteiger partial charge is 0.388 e. The molecule has 0 amide bonds. The molecule has 0 spiro atoms. The van der Waals surface area contributed by atoms with E-state index in [1.807, 2.05) is 12.1 Å². The van der Waals surface area contributed by atoms with Crippen molar-refractivity contribution in [1.82, 2.24) is 4.98 Å². The third-order valence-electron chi connectivity index (χ3n) is 2.89. The van der Waals surface area contributed by atoms with Crippen molar-refractivity contribution in [1.29, 1.82) is 0 Å². The number of aliphatic hydroxyl groups excluding tert-OH is 1. The van der Waals surface area contributed by atoms with Crippen LogP contribution in [-0.4, -0.2) is 10.1 Å². The molecular formula is C11H15NO. The van der Waals surface area contributed by atoms with Crippen LogP contribution in [0.15, 0.2) is 24.5 Å². The minimum atomic E-state index is -0.332. The quantitative estimate of drug-likeness (QED) is 0.767. The Labute approximate surface area is 78.6 Å². The van der Waals surface area contributed by atoms with Gasteiger partial charge >= 0.3 is 0 Å². The Kier molecular flexibility index (Phi) is 2.32. The summed E-state index contributed by atoms with van der Waals surface area (Å²) in [5, 5.41) is 9.96. The topological polar surface area (TPSA) is 33.1 Å². The van der Waals surface area contributed by atoms with Gasteiger partial charge in [0.25, 0.3) is 0 Å². The van der Waals surface area contributed by atoms with E-state index in [0.29, 0.717) is 5.92 Å². The van der Waals surface area contributed by atoms with Crippen LogP contribution in [0.2, 0.25) is 0 Å². The van der Waals surface area contributed by atoms with Gasteiger partial charge in [0.2, 0.25) is 0 Å². The Morgan fingerprint density at radius 1 is 1.54 bits per heavy atom. The number of hydrogen-bond donors (Lipinski definition) is 1. The number of nitrogens with zero attached hydrogens (tertiary/aromatic N) is 1. The molecule has 1 aromatic rings. The predicted molar refractivity (Wildman–Crippen MR) is 51.1 cm³/mol. The summed E-state index contributed by atoms with van der Waals surface area (Å²) in [4.78, 5) is 4.01. The molecule has 0 saturated heterocycles. The van der Waals surface area contributed by atoms with Gasteiger partial charge < -0.3 is 5.11 Å². The lowest BCUT2D eigenvalue weighted by molar-refractivity contribution is 0.105. The Bertz CT molecular complexity index is 269. The fourth-order valence-electron chi connectivity index (χ4n) is 1.73. The van der Waals surface area contributed by atoms with Gasteiger partial charge in [0.05, 0.1) is 6.10 Å². The lowest BCUT2D eigenvalue weighted by Crippen LogP contribution is -2.11. The second-order valence-corrected chi connectivity index (χ2v) is 3.93. The fourth-order valence-corrected chi connectivity index (χ4v) is 1.73. The van der Waals surface area contributed by atoms with Crippen molar-refractivity contribution >= 4 is 0 Å². The van der Waals surface area contributed by atoms with Gasteiger partial charge in [0.15, 0.2) is 0 Å². The van der Waals surface area contributed by atoms with Gasteiger partial charge in [-0.2, -0.15) is 0 Å². The molecule has 1 saturated carbocycles. The van der Waals surface area contributed by atoms with Gasteiger partial charge in [-0.25, -0.2) is 0 Å². The van der Waals surface area contributed by atoms with Crippen LogP contribution in [0.3, 0.4) is 0 Å². The zero-order valence-corrected chi connectivity index (χ0v) is 7.85. The fraction of sp³-hybridized carbons (Fsp3) is 0.545. The van der Waals surface area contributed by atoms with E-state index in [1.165, 1.54) is 12.8 Å². The summed E-state index contributed by atoms with van der Waals surface area (Å²) in [6, 6.07) is 3.81. The van der Waals surface area contributed by atoms with E-state index in [2.05, 4.69) is 11.9 Å². The molecule has 1 aliphatic carbocycles. The van der Waals surface area contributed by atoms with Gasteiger partial charge in [0.1, 0.15) is 0 Å². The minimum absolute atomic E-state index is 0.332. The van der Waals surface area contributed by atoms with Crippen LogP contribution < -0.4 is 0 Å². The maximum absolute atomic E-state index is 9.96. The summed E-state index contributed by atoms with van der Waals surface area (Å²) in [5.74, 6) is 1.11. The number of aliphatic hydroxyl groups is 1. The second-order valence-electron chi connectivity index (χ2n) is 3.93. The van der Waals surface area contributed by atoms with Crippen molar-refractivity contribution in [3.63, 3.8) is 0 Å². The molecule has 1 fully saturated rings. The highest BCUT2D eigenvalue weighted by atomic mass is 16.3. The van der Waals surface area contributed by atoms with Gasteiger partial charge in [0, 0.05) is 12.4 Å². The van der Waals surface area contributed by atoms with Crippen molar-refractivity contribution in [2.75, 3.05) is 0 Å². The normalized spacial score (nSPS) is 21.1. The maximum Gasteiger partial charge on any atom is 0.0833 e. The van der Waals surface area contributed by atoms with E-state index in [1.54, 1.807) is 12.4 Å². The van der Waals surface area contributed by atoms with E-state index in [0.717, 1.165) is 11.5 Å². The molecule has 2 heteroatoms. The van der Waals surface area contributed by atoms with Crippen molar-refractivity contribution in [2.45, 2.75) is 25.9 Å². The van der Waals surface area contributed by atoms with Crippen LogP contribution in [0.5, 0.6) is 0 Å².